The Labute approximate surface area is 126 Å². The van der Waals surface area contributed by atoms with Gasteiger partial charge >= 0.3 is 5.82 Å². The molecule has 0 unspecified atom stereocenters. The van der Waals surface area contributed by atoms with E-state index in [0.29, 0.717) is 17.0 Å². The minimum absolute atomic E-state index is 0.0563. The second-order valence-electron chi connectivity index (χ2n) is 5.05. The molecule has 7 heteroatoms. The lowest BCUT2D eigenvalue weighted by molar-refractivity contribution is -0.390. The van der Waals surface area contributed by atoms with Gasteiger partial charge in [0.1, 0.15) is 17.9 Å². The number of nitro groups is 1. The Kier molecular flexibility index (Phi) is 3.25. The molecule has 0 atom stereocenters. The monoisotopic (exact) mass is 298 g/mol. The number of amides is 1. The molecule has 7 nitrogen and oxygen atoms in total. The molecule has 3 rings (SSSR count). The summed E-state index contributed by atoms with van der Waals surface area (Å²) in [7, 11) is 1.61. The first-order valence-electron chi connectivity index (χ1n) is 6.74. The van der Waals surface area contributed by atoms with E-state index in [2.05, 4.69) is 10.3 Å². The van der Waals surface area contributed by atoms with Crippen molar-refractivity contribution in [2.24, 2.45) is 12.0 Å². The highest BCUT2D eigenvalue weighted by molar-refractivity contribution is 6.21. The van der Waals surface area contributed by atoms with Crippen molar-refractivity contribution >= 4 is 23.1 Å². The molecule has 1 aliphatic heterocycles. The smallest absolute Gasteiger partial charge is 0.347 e. The van der Waals surface area contributed by atoms with Gasteiger partial charge in [-0.2, -0.15) is 0 Å². The maximum Gasteiger partial charge on any atom is 0.347 e. The maximum absolute atomic E-state index is 11.9. The summed E-state index contributed by atoms with van der Waals surface area (Å²) in [6.45, 7) is 1.72. The Balaban J connectivity index is 2.32. The van der Waals surface area contributed by atoms with Crippen molar-refractivity contribution in [1.29, 1.82) is 0 Å². The average molecular weight is 298 g/mol. The van der Waals surface area contributed by atoms with E-state index < -0.39 is 4.92 Å². The van der Waals surface area contributed by atoms with E-state index >= 15 is 0 Å². The summed E-state index contributed by atoms with van der Waals surface area (Å²) < 4.78 is 1.47. The third-order valence-corrected chi connectivity index (χ3v) is 3.76. The number of aromatic nitrogens is 1. The van der Waals surface area contributed by atoms with Crippen molar-refractivity contribution in [3.8, 4) is 0 Å². The topological polar surface area (TPSA) is 89.5 Å². The highest BCUT2D eigenvalue weighted by Gasteiger charge is 2.33. The summed E-state index contributed by atoms with van der Waals surface area (Å²) in [5, 5.41) is 14.0. The quantitative estimate of drug-likeness (QED) is 0.679. The van der Waals surface area contributed by atoms with Gasteiger partial charge in [0, 0.05) is 5.56 Å². The van der Waals surface area contributed by atoms with Gasteiger partial charge in [-0.25, -0.2) is 4.57 Å². The molecule has 1 aliphatic rings. The Morgan fingerprint density at radius 2 is 2.00 bits per heavy atom. The fourth-order valence-corrected chi connectivity index (χ4v) is 2.65. The standard InChI is InChI=1S/C15H14N4O3/c1-9-12-13(10-6-4-3-5-7-10)16-8-11(20)17-14(12)15(18(9)2)19(21)22/h3-7H,8H2,1-2H3,(H,17,20). The first-order valence-corrected chi connectivity index (χ1v) is 6.74. The highest BCUT2D eigenvalue weighted by Crippen LogP contribution is 2.36. The van der Waals surface area contributed by atoms with Crippen molar-refractivity contribution in [2.45, 2.75) is 6.92 Å². The predicted molar refractivity (Wildman–Crippen MR) is 82.4 cm³/mol. The Hall–Kier alpha value is -2.96. The van der Waals surface area contributed by atoms with Crippen LogP contribution < -0.4 is 5.32 Å². The number of fused-ring (bicyclic) bond motifs is 1. The number of nitrogens with one attached hydrogen (secondary N) is 1. The first kappa shape index (κ1) is 14.0. The van der Waals surface area contributed by atoms with Crippen LogP contribution >= 0.6 is 0 Å². The number of rotatable bonds is 2. The number of aliphatic imine (C=N–C) groups is 1. The number of hydrogen-bond donors (Lipinski definition) is 1. The predicted octanol–water partition coefficient (Wildman–Crippen LogP) is 2.03. The zero-order valence-electron chi connectivity index (χ0n) is 12.2. The van der Waals surface area contributed by atoms with Crippen molar-refractivity contribution in [1.82, 2.24) is 4.57 Å². The Morgan fingerprint density at radius 1 is 1.32 bits per heavy atom. The molecule has 0 saturated heterocycles. The van der Waals surface area contributed by atoms with Crippen molar-refractivity contribution in [3.63, 3.8) is 0 Å². The van der Waals surface area contributed by atoms with Crippen LogP contribution in [0.3, 0.4) is 0 Å². The van der Waals surface area contributed by atoms with Crippen LogP contribution in [0.1, 0.15) is 16.8 Å². The number of hydrogen-bond acceptors (Lipinski definition) is 4. The third-order valence-electron chi connectivity index (χ3n) is 3.76. The average Bonchev–Trinajstić information content (AvgIpc) is 2.64. The van der Waals surface area contributed by atoms with Crippen LogP contribution in [0.5, 0.6) is 0 Å². The molecule has 0 aliphatic carbocycles. The van der Waals surface area contributed by atoms with Crippen LogP contribution in [0.2, 0.25) is 0 Å². The maximum atomic E-state index is 11.9. The minimum atomic E-state index is -0.486. The molecule has 0 spiro atoms. The Morgan fingerprint density at radius 3 is 2.64 bits per heavy atom. The normalized spacial score (nSPS) is 13.9. The van der Waals surface area contributed by atoms with Crippen LogP contribution in [0, 0.1) is 17.0 Å². The van der Waals surface area contributed by atoms with Gasteiger partial charge in [0.15, 0.2) is 0 Å². The summed E-state index contributed by atoms with van der Waals surface area (Å²) in [6.07, 6.45) is 0. The van der Waals surface area contributed by atoms with Crippen LogP contribution in [0.15, 0.2) is 35.3 Å². The van der Waals surface area contributed by atoms with E-state index in [4.69, 9.17) is 0 Å². The highest BCUT2D eigenvalue weighted by atomic mass is 16.6. The van der Waals surface area contributed by atoms with E-state index in [1.807, 2.05) is 30.3 Å². The molecule has 1 N–H and O–H groups in total. The Bertz CT molecular complexity index is 806. The zero-order chi connectivity index (χ0) is 15.9. The molecule has 112 valence electrons. The van der Waals surface area contributed by atoms with E-state index in [9.17, 15) is 14.9 Å². The molecule has 2 heterocycles. The largest absolute Gasteiger partial charge is 0.358 e. The molecule has 1 aromatic carbocycles. The lowest BCUT2D eigenvalue weighted by Crippen LogP contribution is -2.14. The lowest BCUT2D eigenvalue weighted by Gasteiger charge is -2.05. The van der Waals surface area contributed by atoms with Gasteiger partial charge in [-0.1, -0.05) is 30.3 Å². The zero-order valence-corrected chi connectivity index (χ0v) is 12.2. The van der Waals surface area contributed by atoms with Crippen molar-refractivity contribution in [2.75, 3.05) is 11.9 Å². The molecular weight excluding hydrogens is 284 g/mol. The molecule has 0 bridgehead atoms. The summed E-state index contributed by atoms with van der Waals surface area (Å²) in [6, 6.07) is 9.35. The van der Waals surface area contributed by atoms with Crippen molar-refractivity contribution < 1.29 is 9.72 Å². The van der Waals surface area contributed by atoms with Gasteiger partial charge in [0.2, 0.25) is 5.91 Å². The van der Waals surface area contributed by atoms with Gasteiger partial charge < -0.3 is 15.4 Å². The number of carbonyl (C=O) groups excluding carboxylic acids is 1. The van der Waals surface area contributed by atoms with Gasteiger partial charge in [0.05, 0.1) is 18.3 Å². The van der Waals surface area contributed by atoms with Crippen LogP contribution in [-0.2, 0) is 11.8 Å². The minimum Gasteiger partial charge on any atom is -0.358 e. The van der Waals surface area contributed by atoms with Crippen LogP contribution in [0.4, 0.5) is 11.5 Å². The summed E-state index contributed by atoms with van der Waals surface area (Å²) in [5.74, 6) is -0.493. The number of benzene rings is 1. The van der Waals surface area contributed by atoms with Gasteiger partial charge in [-0.3, -0.25) is 9.79 Å². The first-order chi connectivity index (χ1) is 10.5. The second kappa shape index (κ2) is 5.10. The molecular formula is C15H14N4O3. The number of carbonyl (C=O) groups is 1. The summed E-state index contributed by atoms with van der Waals surface area (Å²) >= 11 is 0. The van der Waals surface area contributed by atoms with E-state index in [-0.39, 0.29) is 24.0 Å². The number of nitrogens with zero attached hydrogens (tertiary/aromatic N) is 3. The third kappa shape index (κ3) is 2.07. The van der Waals surface area contributed by atoms with Crippen LogP contribution in [-0.4, -0.2) is 27.7 Å². The van der Waals surface area contributed by atoms with Crippen molar-refractivity contribution in [3.05, 3.63) is 57.3 Å². The second-order valence-corrected chi connectivity index (χ2v) is 5.05. The van der Waals surface area contributed by atoms with E-state index in [0.717, 1.165) is 5.56 Å². The molecule has 22 heavy (non-hydrogen) atoms. The van der Waals surface area contributed by atoms with E-state index in [1.54, 1.807) is 14.0 Å². The fraction of sp³-hybridized carbons (Fsp3) is 0.200. The fourth-order valence-electron chi connectivity index (χ4n) is 2.65. The molecule has 2 aromatic rings. The van der Waals surface area contributed by atoms with Gasteiger partial charge in [-0.05, 0) is 11.8 Å². The van der Waals surface area contributed by atoms with Crippen LogP contribution in [0.25, 0.3) is 0 Å². The van der Waals surface area contributed by atoms with Gasteiger partial charge in [-0.15, -0.1) is 0 Å². The molecule has 0 fully saturated rings. The SMILES string of the molecule is Cc1c2c(c([N+](=O)[O-])n1C)NC(=O)CN=C2c1ccccc1. The van der Waals surface area contributed by atoms with E-state index in [1.165, 1.54) is 4.57 Å². The summed E-state index contributed by atoms with van der Waals surface area (Å²) in [4.78, 5) is 27.1. The molecule has 0 saturated carbocycles. The lowest BCUT2D eigenvalue weighted by atomic mass is 10.0. The molecule has 1 amide bonds. The summed E-state index contributed by atoms with van der Waals surface area (Å²) in [5.41, 5.74) is 2.92. The molecule has 0 radical (unpaired) electrons. The number of anilines is 1. The van der Waals surface area contributed by atoms with Gasteiger partial charge in [0.25, 0.3) is 0 Å². The molecule has 1 aromatic heterocycles.